The van der Waals surface area contributed by atoms with Gasteiger partial charge < -0.3 is 0 Å². The first kappa shape index (κ1) is 16.3. The molecule has 1 aliphatic rings. The van der Waals surface area contributed by atoms with Gasteiger partial charge in [0.15, 0.2) is 0 Å². The van der Waals surface area contributed by atoms with Gasteiger partial charge in [0.2, 0.25) is 0 Å². The number of nitrogens with two attached hydrogens (primary N) is 1. The van der Waals surface area contributed by atoms with E-state index in [2.05, 4.69) is 21.4 Å². The number of thioether (sulfide) groups is 1. The van der Waals surface area contributed by atoms with Crippen molar-refractivity contribution >= 4 is 27.7 Å². The lowest BCUT2D eigenvalue weighted by Gasteiger charge is -2.24. The molecule has 0 radical (unpaired) electrons. The van der Waals surface area contributed by atoms with E-state index in [0.717, 1.165) is 27.5 Å². The van der Waals surface area contributed by atoms with Gasteiger partial charge >= 0.3 is 0 Å². The number of benzene rings is 1. The molecule has 0 aliphatic heterocycles. The lowest BCUT2D eigenvalue weighted by Crippen LogP contribution is -2.39. The normalized spacial score (nSPS) is 18.1. The standard InChI is InChI=1S/C15H22BrFN2S/c16-15-9-12(17)7-6-11(15)8-13(19-18)10-20-14-4-2-1-3-5-14/h6-7,9,13-14,19H,1-5,8,10,18H2. The third kappa shape index (κ3) is 5.02. The molecule has 0 aromatic heterocycles. The summed E-state index contributed by atoms with van der Waals surface area (Å²) in [6, 6.07) is 5.07. The predicted octanol–water partition coefficient (Wildman–Crippen LogP) is 4.03. The molecule has 0 heterocycles. The van der Waals surface area contributed by atoms with Crippen molar-refractivity contribution in [1.29, 1.82) is 0 Å². The maximum Gasteiger partial charge on any atom is 0.124 e. The Morgan fingerprint density at radius 1 is 1.35 bits per heavy atom. The summed E-state index contributed by atoms with van der Waals surface area (Å²) in [5.41, 5.74) is 3.99. The summed E-state index contributed by atoms with van der Waals surface area (Å²) in [4.78, 5) is 0. The quantitative estimate of drug-likeness (QED) is 0.594. The fourth-order valence-electron chi connectivity index (χ4n) is 2.60. The van der Waals surface area contributed by atoms with Crippen molar-refractivity contribution in [3.8, 4) is 0 Å². The largest absolute Gasteiger partial charge is 0.271 e. The van der Waals surface area contributed by atoms with Crippen molar-refractivity contribution in [3.63, 3.8) is 0 Å². The monoisotopic (exact) mass is 360 g/mol. The molecule has 0 saturated heterocycles. The van der Waals surface area contributed by atoms with E-state index in [0.29, 0.717) is 0 Å². The Bertz CT molecular complexity index is 424. The highest BCUT2D eigenvalue weighted by atomic mass is 79.9. The van der Waals surface area contributed by atoms with E-state index in [1.807, 2.05) is 17.8 Å². The van der Waals surface area contributed by atoms with E-state index in [4.69, 9.17) is 5.84 Å². The van der Waals surface area contributed by atoms with Crippen LogP contribution in [0, 0.1) is 5.82 Å². The van der Waals surface area contributed by atoms with Crippen LogP contribution in [0.15, 0.2) is 22.7 Å². The third-order valence-corrected chi connectivity index (χ3v) is 6.08. The molecule has 1 aromatic rings. The molecule has 20 heavy (non-hydrogen) atoms. The van der Waals surface area contributed by atoms with Crippen LogP contribution in [0.25, 0.3) is 0 Å². The predicted molar refractivity (Wildman–Crippen MR) is 88.2 cm³/mol. The van der Waals surface area contributed by atoms with Crippen molar-refractivity contribution in [2.45, 2.75) is 49.8 Å². The average molecular weight is 361 g/mol. The molecule has 112 valence electrons. The molecule has 1 aliphatic carbocycles. The summed E-state index contributed by atoms with van der Waals surface area (Å²) in [5, 5.41) is 0.788. The van der Waals surface area contributed by atoms with Gasteiger partial charge in [-0.15, -0.1) is 0 Å². The summed E-state index contributed by atoms with van der Waals surface area (Å²) in [5.74, 6) is 6.45. The van der Waals surface area contributed by atoms with Crippen molar-refractivity contribution in [3.05, 3.63) is 34.1 Å². The first-order chi connectivity index (χ1) is 9.69. The summed E-state index contributed by atoms with van der Waals surface area (Å²) in [7, 11) is 0. The van der Waals surface area contributed by atoms with Crippen LogP contribution in [0.5, 0.6) is 0 Å². The number of hydrogen-bond donors (Lipinski definition) is 2. The van der Waals surface area contributed by atoms with Crippen LogP contribution in [0.2, 0.25) is 0 Å². The lowest BCUT2D eigenvalue weighted by molar-refractivity contribution is 0.513. The summed E-state index contributed by atoms with van der Waals surface area (Å²) >= 11 is 5.44. The minimum atomic E-state index is -0.213. The van der Waals surface area contributed by atoms with Gasteiger partial charge in [-0.05, 0) is 37.0 Å². The van der Waals surface area contributed by atoms with Gasteiger partial charge in [0.1, 0.15) is 5.82 Å². The van der Waals surface area contributed by atoms with Crippen molar-refractivity contribution in [2.24, 2.45) is 5.84 Å². The van der Waals surface area contributed by atoms with Gasteiger partial charge in [0, 0.05) is 21.5 Å². The zero-order valence-electron chi connectivity index (χ0n) is 11.6. The molecule has 1 fully saturated rings. The zero-order valence-corrected chi connectivity index (χ0v) is 14.0. The van der Waals surface area contributed by atoms with E-state index < -0.39 is 0 Å². The molecule has 2 nitrogen and oxygen atoms in total. The summed E-state index contributed by atoms with van der Waals surface area (Å²) in [6.45, 7) is 0. The maximum absolute atomic E-state index is 13.1. The van der Waals surface area contributed by atoms with Crippen molar-refractivity contribution in [1.82, 2.24) is 5.43 Å². The highest BCUT2D eigenvalue weighted by Crippen LogP contribution is 2.29. The summed E-state index contributed by atoms with van der Waals surface area (Å²) < 4.78 is 13.9. The van der Waals surface area contributed by atoms with Crippen LogP contribution >= 0.6 is 27.7 Å². The second kappa shape index (κ2) is 8.37. The van der Waals surface area contributed by atoms with Gasteiger partial charge in [-0.1, -0.05) is 41.3 Å². The minimum Gasteiger partial charge on any atom is -0.271 e. The molecule has 1 aromatic carbocycles. The molecule has 0 bridgehead atoms. The Balaban J connectivity index is 1.84. The van der Waals surface area contributed by atoms with E-state index >= 15 is 0 Å². The van der Waals surface area contributed by atoms with Crippen molar-refractivity contribution in [2.75, 3.05) is 5.75 Å². The number of rotatable bonds is 6. The molecule has 0 amide bonds. The minimum absolute atomic E-state index is 0.213. The second-order valence-corrected chi connectivity index (χ2v) is 7.58. The van der Waals surface area contributed by atoms with E-state index in [-0.39, 0.29) is 11.9 Å². The SMILES string of the molecule is NNC(CSC1CCCCC1)Cc1ccc(F)cc1Br. The van der Waals surface area contributed by atoms with Crippen molar-refractivity contribution < 1.29 is 4.39 Å². The summed E-state index contributed by atoms with van der Waals surface area (Å²) in [6.07, 6.45) is 7.60. The highest BCUT2D eigenvalue weighted by molar-refractivity contribution is 9.10. The zero-order chi connectivity index (χ0) is 14.4. The molecule has 1 saturated carbocycles. The molecule has 1 unspecified atom stereocenters. The fourth-order valence-corrected chi connectivity index (χ4v) is 4.50. The average Bonchev–Trinajstić information content (AvgIpc) is 2.46. The Kier molecular flexibility index (Phi) is 6.81. The third-order valence-electron chi connectivity index (χ3n) is 3.80. The Morgan fingerprint density at radius 3 is 2.75 bits per heavy atom. The van der Waals surface area contributed by atoms with Crippen LogP contribution in [0.1, 0.15) is 37.7 Å². The van der Waals surface area contributed by atoms with Crippen LogP contribution in [0.3, 0.4) is 0 Å². The maximum atomic E-state index is 13.1. The fraction of sp³-hybridized carbons (Fsp3) is 0.600. The number of hydrazine groups is 1. The molecular formula is C15H22BrFN2S. The first-order valence-corrected chi connectivity index (χ1v) is 9.05. The molecule has 0 spiro atoms. The number of halogens is 2. The Hall–Kier alpha value is -0.100. The first-order valence-electron chi connectivity index (χ1n) is 7.20. The lowest BCUT2D eigenvalue weighted by atomic mass is 10.0. The van der Waals surface area contributed by atoms with Crippen LogP contribution in [0.4, 0.5) is 4.39 Å². The molecule has 1 atom stereocenters. The smallest absolute Gasteiger partial charge is 0.124 e. The molecular weight excluding hydrogens is 339 g/mol. The van der Waals surface area contributed by atoms with E-state index in [1.54, 1.807) is 0 Å². The van der Waals surface area contributed by atoms with Gasteiger partial charge in [0.25, 0.3) is 0 Å². The van der Waals surface area contributed by atoms with Crippen LogP contribution in [-0.4, -0.2) is 17.0 Å². The van der Waals surface area contributed by atoms with E-state index in [1.165, 1.54) is 44.2 Å². The molecule has 3 N–H and O–H groups in total. The number of hydrogen-bond acceptors (Lipinski definition) is 3. The van der Waals surface area contributed by atoms with Crippen LogP contribution < -0.4 is 11.3 Å². The number of nitrogens with one attached hydrogen (secondary N) is 1. The Morgan fingerprint density at radius 2 is 2.10 bits per heavy atom. The molecule has 5 heteroatoms. The van der Waals surface area contributed by atoms with Gasteiger partial charge in [-0.25, -0.2) is 4.39 Å². The van der Waals surface area contributed by atoms with Gasteiger partial charge in [0.05, 0.1) is 0 Å². The molecule has 2 rings (SSSR count). The Labute approximate surface area is 133 Å². The second-order valence-electron chi connectivity index (χ2n) is 5.40. The topological polar surface area (TPSA) is 38.0 Å². The van der Waals surface area contributed by atoms with Gasteiger partial charge in [-0.3, -0.25) is 11.3 Å². The van der Waals surface area contributed by atoms with Gasteiger partial charge in [-0.2, -0.15) is 11.8 Å². The highest BCUT2D eigenvalue weighted by Gasteiger charge is 2.17. The van der Waals surface area contributed by atoms with Crippen LogP contribution in [-0.2, 0) is 6.42 Å². The van der Waals surface area contributed by atoms with E-state index in [9.17, 15) is 4.39 Å².